The number of nitrogens with one attached hydrogen (secondary N) is 2. The van der Waals surface area contributed by atoms with Crippen molar-refractivity contribution < 1.29 is 9.72 Å². The number of hydrogen-bond acceptors (Lipinski definition) is 8. The summed E-state index contributed by atoms with van der Waals surface area (Å²) in [5.41, 5.74) is 5.75. The normalized spacial score (nSPS) is 10.3. The number of amides is 1. The van der Waals surface area contributed by atoms with Gasteiger partial charge in [-0.1, -0.05) is 35.5 Å². The summed E-state index contributed by atoms with van der Waals surface area (Å²) in [5.74, 6) is -0.662. The van der Waals surface area contributed by atoms with E-state index in [2.05, 4.69) is 25.8 Å². The molecule has 0 spiro atoms. The average molecular weight is 382 g/mol. The molecule has 2 heterocycles. The van der Waals surface area contributed by atoms with Crippen LogP contribution in [0.3, 0.4) is 0 Å². The predicted octanol–water partition coefficient (Wildman–Crippen LogP) is 3.00. The summed E-state index contributed by atoms with van der Waals surface area (Å²) in [6, 6.07) is 12.4. The molecular formula is C17H14N6O3S. The molecule has 0 unspecified atom stereocenters. The molecule has 10 heteroatoms. The second-order valence-electron chi connectivity index (χ2n) is 5.34. The van der Waals surface area contributed by atoms with E-state index in [0.29, 0.717) is 0 Å². The minimum atomic E-state index is -0.591. The first kappa shape index (κ1) is 18.3. The molecule has 0 bridgehead atoms. The number of benzene rings is 1. The number of aromatic nitrogens is 3. The molecule has 136 valence electrons. The van der Waals surface area contributed by atoms with Gasteiger partial charge < -0.3 is 0 Å². The van der Waals surface area contributed by atoms with Crippen molar-refractivity contribution in [2.75, 3.05) is 5.43 Å². The molecule has 0 aliphatic carbocycles. The molecule has 2 aromatic heterocycles. The fourth-order valence-electron chi connectivity index (χ4n) is 2.09. The quantitative estimate of drug-likeness (QED) is 0.379. The lowest BCUT2D eigenvalue weighted by Crippen LogP contribution is -2.30. The Morgan fingerprint density at radius 1 is 1.11 bits per heavy atom. The molecule has 0 atom stereocenters. The number of hydrazine groups is 1. The van der Waals surface area contributed by atoms with Gasteiger partial charge in [0.15, 0.2) is 5.03 Å². The Morgan fingerprint density at radius 2 is 1.89 bits per heavy atom. The Labute approximate surface area is 158 Å². The van der Waals surface area contributed by atoms with E-state index >= 15 is 0 Å². The summed E-state index contributed by atoms with van der Waals surface area (Å²) < 4.78 is 0. The maximum Gasteiger partial charge on any atom is 0.345 e. The van der Waals surface area contributed by atoms with Gasteiger partial charge in [0.2, 0.25) is 5.82 Å². The van der Waals surface area contributed by atoms with Crippen LogP contribution in [0.5, 0.6) is 0 Å². The van der Waals surface area contributed by atoms with Gasteiger partial charge in [0.1, 0.15) is 12.0 Å². The van der Waals surface area contributed by atoms with Crippen molar-refractivity contribution in [1.82, 2.24) is 20.4 Å². The van der Waals surface area contributed by atoms with Gasteiger partial charge in [-0.3, -0.25) is 30.7 Å². The zero-order valence-electron chi connectivity index (χ0n) is 14.1. The zero-order chi connectivity index (χ0) is 19.2. The van der Waals surface area contributed by atoms with Gasteiger partial charge >= 0.3 is 5.69 Å². The Kier molecular flexibility index (Phi) is 5.57. The lowest BCUT2D eigenvalue weighted by Gasteiger charge is -2.09. The Bertz CT molecular complexity index is 966. The molecule has 1 amide bonds. The van der Waals surface area contributed by atoms with E-state index in [1.165, 1.54) is 18.6 Å². The number of rotatable bonds is 6. The van der Waals surface area contributed by atoms with Crippen molar-refractivity contribution in [3.05, 3.63) is 76.4 Å². The molecule has 27 heavy (non-hydrogen) atoms. The number of nitrogens with zero attached hydrogens (tertiary/aromatic N) is 4. The van der Waals surface area contributed by atoms with Crippen LogP contribution in [0.25, 0.3) is 0 Å². The highest BCUT2D eigenvalue weighted by Crippen LogP contribution is 2.36. The number of carbonyl (C=O) groups is 1. The van der Waals surface area contributed by atoms with Crippen molar-refractivity contribution in [2.24, 2.45) is 0 Å². The van der Waals surface area contributed by atoms with Crippen LogP contribution in [-0.2, 0) is 0 Å². The van der Waals surface area contributed by atoms with Crippen LogP contribution in [0.1, 0.15) is 16.1 Å². The summed E-state index contributed by atoms with van der Waals surface area (Å²) in [5, 5.41) is 11.7. The zero-order valence-corrected chi connectivity index (χ0v) is 14.9. The van der Waals surface area contributed by atoms with E-state index in [0.717, 1.165) is 22.2 Å². The highest BCUT2D eigenvalue weighted by atomic mass is 32.2. The number of carbonyl (C=O) groups excluding carboxylic acids is 1. The van der Waals surface area contributed by atoms with Crippen molar-refractivity contribution in [3.63, 3.8) is 0 Å². The van der Waals surface area contributed by atoms with E-state index in [1.54, 1.807) is 12.1 Å². The van der Waals surface area contributed by atoms with Gasteiger partial charge in [0.05, 0.1) is 4.92 Å². The lowest BCUT2D eigenvalue weighted by molar-refractivity contribution is -0.387. The van der Waals surface area contributed by atoms with E-state index in [4.69, 9.17) is 0 Å². The van der Waals surface area contributed by atoms with Crippen molar-refractivity contribution >= 4 is 29.2 Å². The van der Waals surface area contributed by atoms with Gasteiger partial charge in [-0.05, 0) is 31.2 Å². The Balaban J connectivity index is 1.82. The Morgan fingerprint density at radius 3 is 2.56 bits per heavy atom. The van der Waals surface area contributed by atoms with Gasteiger partial charge in [-0.2, -0.15) is 0 Å². The van der Waals surface area contributed by atoms with Crippen LogP contribution >= 0.6 is 11.8 Å². The molecule has 0 aliphatic heterocycles. The summed E-state index contributed by atoms with van der Waals surface area (Å²) in [6.45, 7) is 1.95. The van der Waals surface area contributed by atoms with Crippen LogP contribution < -0.4 is 10.9 Å². The molecule has 0 fully saturated rings. The molecule has 0 radical (unpaired) electrons. The first-order valence-corrected chi connectivity index (χ1v) is 8.57. The Hall–Kier alpha value is -3.53. The molecule has 3 rings (SSSR count). The van der Waals surface area contributed by atoms with Crippen LogP contribution in [0.2, 0.25) is 0 Å². The SMILES string of the molecule is Cc1ccc(Sc2ncnc(NNC(=O)c3ccccn3)c2[N+](=O)[O-])cc1. The molecule has 3 aromatic rings. The van der Waals surface area contributed by atoms with Crippen LogP contribution in [0, 0.1) is 17.0 Å². The minimum Gasteiger partial charge on any atom is -0.276 e. The third kappa shape index (κ3) is 4.55. The fourth-order valence-corrected chi connectivity index (χ4v) is 2.95. The average Bonchev–Trinajstić information content (AvgIpc) is 2.68. The van der Waals surface area contributed by atoms with Gasteiger partial charge in [-0.15, -0.1) is 0 Å². The predicted molar refractivity (Wildman–Crippen MR) is 99.3 cm³/mol. The number of anilines is 1. The molecule has 1 aromatic carbocycles. The number of hydrogen-bond donors (Lipinski definition) is 2. The monoisotopic (exact) mass is 382 g/mol. The highest BCUT2D eigenvalue weighted by molar-refractivity contribution is 7.99. The summed E-state index contributed by atoms with van der Waals surface area (Å²) in [7, 11) is 0. The number of aryl methyl sites for hydroxylation is 1. The molecule has 0 saturated carbocycles. The number of pyridine rings is 1. The van der Waals surface area contributed by atoms with E-state index in [1.807, 2.05) is 31.2 Å². The van der Waals surface area contributed by atoms with Crippen molar-refractivity contribution in [1.29, 1.82) is 0 Å². The van der Waals surface area contributed by atoms with E-state index in [-0.39, 0.29) is 22.2 Å². The maximum atomic E-state index is 12.1. The molecule has 0 aliphatic rings. The highest BCUT2D eigenvalue weighted by Gasteiger charge is 2.24. The topological polar surface area (TPSA) is 123 Å². The third-order valence-corrected chi connectivity index (χ3v) is 4.40. The maximum absolute atomic E-state index is 12.1. The first-order chi connectivity index (χ1) is 13.0. The van der Waals surface area contributed by atoms with Gasteiger partial charge in [0, 0.05) is 11.1 Å². The summed E-state index contributed by atoms with van der Waals surface area (Å²) in [6.07, 6.45) is 2.66. The largest absolute Gasteiger partial charge is 0.345 e. The molecule has 9 nitrogen and oxygen atoms in total. The minimum absolute atomic E-state index is 0.117. The van der Waals surface area contributed by atoms with Crippen molar-refractivity contribution in [3.8, 4) is 0 Å². The van der Waals surface area contributed by atoms with E-state index in [9.17, 15) is 14.9 Å². The smallest absolute Gasteiger partial charge is 0.276 e. The summed E-state index contributed by atoms with van der Waals surface area (Å²) >= 11 is 1.14. The van der Waals surface area contributed by atoms with E-state index < -0.39 is 10.8 Å². The van der Waals surface area contributed by atoms with Crippen molar-refractivity contribution in [2.45, 2.75) is 16.8 Å². The van der Waals surface area contributed by atoms with Gasteiger partial charge in [-0.25, -0.2) is 9.97 Å². The number of nitro groups is 1. The first-order valence-electron chi connectivity index (χ1n) is 7.76. The lowest BCUT2D eigenvalue weighted by atomic mass is 10.2. The van der Waals surface area contributed by atoms with Crippen LogP contribution in [-0.4, -0.2) is 25.8 Å². The van der Waals surface area contributed by atoms with Crippen LogP contribution in [0.15, 0.2) is 64.9 Å². The van der Waals surface area contributed by atoms with Crippen LogP contribution in [0.4, 0.5) is 11.5 Å². The standard InChI is InChI=1S/C17H14N6O3S/c1-11-5-7-12(8-6-11)27-17-14(23(25)26)15(19-10-20-17)21-22-16(24)13-4-2-3-9-18-13/h2-10H,1H3,(H,22,24)(H,19,20,21). The fraction of sp³-hybridized carbons (Fsp3) is 0.0588. The second kappa shape index (κ2) is 8.23. The third-order valence-electron chi connectivity index (χ3n) is 3.40. The van der Waals surface area contributed by atoms with Gasteiger partial charge in [0.25, 0.3) is 5.91 Å². The summed E-state index contributed by atoms with van der Waals surface area (Å²) in [4.78, 5) is 35.6. The molecule has 0 saturated heterocycles. The molecular weight excluding hydrogens is 368 g/mol. The second-order valence-corrected chi connectivity index (χ2v) is 6.40. The molecule has 2 N–H and O–H groups in total.